The van der Waals surface area contributed by atoms with Gasteiger partial charge in [0.05, 0.1) is 59.0 Å². The van der Waals surface area contributed by atoms with Crippen molar-refractivity contribution in [2.45, 2.75) is 226 Å². The first-order valence-electron chi connectivity index (χ1n) is 32.2. The fourth-order valence-corrected chi connectivity index (χ4v) is 26.5. The molecular formula is C71H110O8S4Si3. The Hall–Kier alpha value is -1.81. The highest BCUT2D eigenvalue weighted by atomic mass is 32.2. The molecule has 15 heteroatoms. The molecule has 3 aliphatic rings. The van der Waals surface area contributed by atoms with E-state index in [2.05, 4.69) is 217 Å². The van der Waals surface area contributed by atoms with E-state index in [-0.39, 0.29) is 59.5 Å². The molecule has 3 aliphatic heterocycles. The number of aliphatic hydroxyl groups is 1. The molecular weight excluding hydrogens is 1190 g/mol. The van der Waals surface area contributed by atoms with E-state index in [1.54, 1.807) is 7.11 Å². The molecule has 8 nitrogen and oxygen atoms in total. The largest absolute Gasteiger partial charge is 0.497 e. The second kappa shape index (κ2) is 31.7. The molecule has 0 bridgehead atoms. The summed E-state index contributed by atoms with van der Waals surface area (Å²) in [6.07, 6.45) is 9.53. The molecule has 1 N–H and O–H groups in total. The van der Waals surface area contributed by atoms with Crippen molar-refractivity contribution >= 4 is 82.4 Å². The topological polar surface area (TPSA) is 84.8 Å². The molecule has 86 heavy (non-hydrogen) atoms. The number of methoxy groups -OCH3 is 1. The lowest BCUT2D eigenvalue weighted by molar-refractivity contribution is -0.267. The summed E-state index contributed by atoms with van der Waals surface area (Å²) in [6.45, 7) is 39.4. The molecule has 3 fully saturated rings. The fraction of sp³-hybridized carbons (Fsp3) is 0.634. The number of thioether (sulfide) groups is 4. The Morgan fingerprint density at radius 3 is 1.67 bits per heavy atom. The zero-order valence-corrected chi connectivity index (χ0v) is 61.6. The number of aliphatic hydroxyl groups excluding tert-OH is 1. The van der Waals surface area contributed by atoms with Gasteiger partial charge in [0.15, 0.2) is 22.9 Å². The average Bonchev–Trinajstić information content (AvgIpc) is 0.908. The Morgan fingerprint density at radius 1 is 0.663 bits per heavy atom. The summed E-state index contributed by atoms with van der Waals surface area (Å²) in [6, 6.07) is 40.6. The van der Waals surface area contributed by atoms with Crippen LogP contribution in [0.3, 0.4) is 0 Å². The zero-order chi connectivity index (χ0) is 62.4. The summed E-state index contributed by atoms with van der Waals surface area (Å²) in [4.78, 5) is 0. The van der Waals surface area contributed by atoms with E-state index in [0.717, 1.165) is 84.8 Å². The van der Waals surface area contributed by atoms with Gasteiger partial charge in [0.1, 0.15) is 5.75 Å². The normalized spacial score (nSPS) is 21.7. The van der Waals surface area contributed by atoms with Crippen LogP contribution in [0.5, 0.6) is 5.75 Å². The summed E-state index contributed by atoms with van der Waals surface area (Å²) in [5.74, 6) is 5.25. The standard InChI is InChI=1S/C71H110O8S4Si3/c1-17-55(52-75-86(69(9,10)11,60-34-24-20-25-35-60)61-36-26-21-27-37-61)64(78-84(13,14)67(3,4)5)49-70(80-43-29-44-81-70)42-28-33-57(72)48-71(82-45-30-46-83-71)50-65(79-85(15,16)68(6,7)8)62(18-2)63-47-59(53-74-51-54-31-22-19-23-32-54)76-66(77-63)56-38-40-58(73-12)41-39-56/h18-27,31-32,34-41,55,57,59,62-66,72H,2,17,28-30,33,42-53H2,1,3-16H3/t55-,57+,59-,62+,63+,64-,65+,66+/m1/s1. The van der Waals surface area contributed by atoms with E-state index < -0.39 is 37.3 Å². The molecule has 4 aromatic carbocycles. The number of hydrogen-bond acceptors (Lipinski definition) is 12. The Kier molecular flexibility index (Phi) is 26.4. The summed E-state index contributed by atoms with van der Waals surface area (Å²) >= 11 is 8.43. The maximum absolute atomic E-state index is 12.7. The third-order valence-electron chi connectivity index (χ3n) is 19.2. The Bertz CT molecular complexity index is 2580. The van der Waals surface area contributed by atoms with Gasteiger partial charge in [-0.15, -0.1) is 53.6 Å². The van der Waals surface area contributed by atoms with Crippen molar-refractivity contribution in [3.05, 3.63) is 139 Å². The van der Waals surface area contributed by atoms with Gasteiger partial charge in [-0.2, -0.15) is 0 Å². The molecule has 0 saturated carbocycles. The van der Waals surface area contributed by atoms with Gasteiger partial charge in [0.2, 0.25) is 0 Å². The van der Waals surface area contributed by atoms with Crippen molar-refractivity contribution in [2.75, 3.05) is 43.3 Å². The predicted octanol–water partition coefficient (Wildman–Crippen LogP) is 18.1. The van der Waals surface area contributed by atoms with Gasteiger partial charge in [-0.1, -0.05) is 178 Å². The van der Waals surface area contributed by atoms with Gasteiger partial charge in [0.25, 0.3) is 8.32 Å². The highest BCUT2D eigenvalue weighted by Gasteiger charge is 2.53. The van der Waals surface area contributed by atoms with Crippen LogP contribution in [0, 0.1) is 11.8 Å². The molecule has 0 aromatic heterocycles. The first-order chi connectivity index (χ1) is 40.7. The summed E-state index contributed by atoms with van der Waals surface area (Å²) in [7, 11) is -5.71. The van der Waals surface area contributed by atoms with E-state index in [4.69, 9.17) is 32.2 Å². The maximum Gasteiger partial charge on any atom is 0.261 e. The lowest BCUT2D eigenvalue weighted by Crippen LogP contribution is -2.67. The van der Waals surface area contributed by atoms with E-state index in [9.17, 15) is 5.11 Å². The van der Waals surface area contributed by atoms with Crippen LogP contribution in [0.15, 0.2) is 128 Å². The van der Waals surface area contributed by atoms with E-state index in [1.165, 1.54) is 16.8 Å². The van der Waals surface area contributed by atoms with Crippen LogP contribution in [0.25, 0.3) is 0 Å². The lowest BCUT2D eigenvalue weighted by Gasteiger charge is -2.48. The SMILES string of the molecule is C=C[C@@H]([C@@H]1C[C@H](COCc2ccccc2)O[C@H](c2ccc(OC)cc2)O1)[C@H](CC1(C[C@@H](O)CCCC2(C[C@@H](O[Si](C)(C)C(C)(C)C)[C@H](CC)CO[Si](c3ccccc3)(c3ccccc3)C(C)(C)C)SCCCS2)SCCCS1)O[Si](C)(C)C(C)(C)C. The zero-order valence-electron chi connectivity index (χ0n) is 55.3. The molecule has 478 valence electrons. The smallest absolute Gasteiger partial charge is 0.261 e. The van der Waals surface area contributed by atoms with Crippen LogP contribution < -0.4 is 15.1 Å². The van der Waals surface area contributed by atoms with Crippen molar-refractivity contribution in [1.29, 1.82) is 0 Å². The highest BCUT2D eigenvalue weighted by Crippen LogP contribution is 2.54. The van der Waals surface area contributed by atoms with Gasteiger partial charge in [-0.25, -0.2) is 0 Å². The van der Waals surface area contributed by atoms with Crippen molar-refractivity contribution < 1.29 is 37.3 Å². The van der Waals surface area contributed by atoms with Gasteiger partial charge < -0.3 is 37.3 Å². The molecule has 0 radical (unpaired) electrons. The highest BCUT2D eigenvalue weighted by molar-refractivity contribution is 8.19. The minimum absolute atomic E-state index is 0.0272. The average molecular weight is 1300 g/mol. The van der Waals surface area contributed by atoms with Crippen molar-refractivity contribution in [2.24, 2.45) is 11.8 Å². The van der Waals surface area contributed by atoms with Crippen molar-refractivity contribution in [1.82, 2.24) is 0 Å². The van der Waals surface area contributed by atoms with Crippen LogP contribution in [0.4, 0.5) is 0 Å². The monoisotopic (exact) mass is 1300 g/mol. The Labute approximate surface area is 542 Å². The van der Waals surface area contributed by atoms with E-state index in [0.29, 0.717) is 32.7 Å². The second-order valence-electron chi connectivity index (χ2n) is 28.6. The van der Waals surface area contributed by atoms with Crippen molar-refractivity contribution in [3.63, 3.8) is 0 Å². The molecule has 0 spiro atoms. The van der Waals surface area contributed by atoms with Crippen LogP contribution in [0.1, 0.15) is 151 Å². The number of rotatable bonds is 30. The van der Waals surface area contributed by atoms with Gasteiger partial charge >= 0.3 is 0 Å². The van der Waals surface area contributed by atoms with E-state index in [1.807, 2.05) is 53.9 Å². The lowest BCUT2D eigenvalue weighted by atomic mass is 9.87. The summed E-state index contributed by atoms with van der Waals surface area (Å²) < 4.78 is 48.9. The summed E-state index contributed by atoms with van der Waals surface area (Å²) in [5, 5.41) is 15.2. The van der Waals surface area contributed by atoms with Crippen LogP contribution in [-0.4, -0.2) is 112 Å². The van der Waals surface area contributed by atoms with Gasteiger partial charge in [0, 0.05) is 30.4 Å². The maximum atomic E-state index is 12.7. The summed E-state index contributed by atoms with van der Waals surface area (Å²) in [5.41, 5.74) is 2.06. The van der Waals surface area contributed by atoms with Crippen LogP contribution in [0.2, 0.25) is 41.3 Å². The number of hydrogen-bond donors (Lipinski definition) is 1. The van der Waals surface area contributed by atoms with E-state index >= 15 is 0 Å². The molecule has 3 saturated heterocycles. The van der Waals surface area contributed by atoms with Crippen molar-refractivity contribution in [3.8, 4) is 5.75 Å². The molecule has 8 atom stereocenters. The molecule has 0 amide bonds. The van der Waals surface area contributed by atoms with Gasteiger partial charge in [-0.05, 0) is 150 Å². The minimum Gasteiger partial charge on any atom is -0.497 e. The first-order valence-corrected chi connectivity index (χ1v) is 43.9. The molecule has 0 unspecified atom stereocenters. The first kappa shape index (κ1) is 71.6. The Morgan fingerprint density at radius 2 is 1.17 bits per heavy atom. The predicted molar refractivity (Wildman–Crippen MR) is 380 cm³/mol. The van der Waals surface area contributed by atoms with Crippen LogP contribution in [-0.2, 0) is 34.1 Å². The molecule has 4 aromatic rings. The minimum atomic E-state index is -2.80. The fourth-order valence-electron chi connectivity index (χ4n) is 12.2. The quantitative estimate of drug-likeness (QED) is 0.0399. The Balaban J connectivity index is 1.13. The van der Waals surface area contributed by atoms with Crippen LogP contribution >= 0.6 is 47.0 Å². The van der Waals surface area contributed by atoms with Gasteiger partial charge in [-0.3, -0.25) is 0 Å². The third-order valence-corrected chi connectivity index (χ3v) is 40.1. The number of benzene rings is 4. The third kappa shape index (κ3) is 18.9. The second-order valence-corrected chi connectivity index (χ2v) is 48.9. The molecule has 3 heterocycles. The molecule has 7 rings (SSSR count). The molecule has 0 aliphatic carbocycles. The number of ether oxygens (including phenoxy) is 4.